The van der Waals surface area contributed by atoms with Gasteiger partial charge in [0.25, 0.3) is 5.91 Å². The molecule has 2 fully saturated rings. The Labute approximate surface area is 196 Å². The summed E-state index contributed by atoms with van der Waals surface area (Å²) in [5.41, 5.74) is 2.68. The standard InChI is InChI=1S/C26H36N4OS/c31-26(24-11-12-25(32-24)30-16-13-21-7-4-5-10-23(21)30)27-14-6-15-28-17-19-29(20-18-28)22-8-2-1-3-9-22/h4-5,7,10-12,22H,1-3,6,8-9,13-20H2,(H,27,31). The molecule has 1 aliphatic carbocycles. The SMILES string of the molecule is O=C(NCCCN1CCN(C2CCCCC2)CC1)c1ccc(N2CCc3ccccc32)s1. The predicted octanol–water partition coefficient (Wildman–Crippen LogP) is 4.51. The third-order valence-corrected chi connectivity index (χ3v) is 8.51. The molecule has 0 spiro atoms. The molecule has 2 aromatic rings. The molecule has 1 aromatic carbocycles. The number of para-hydroxylation sites is 1. The summed E-state index contributed by atoms with van der Waals surface area (Å²) >= 11 is 1.60. The molecule has 0 bridgehead atoms. The number of amides is 1. The minimum Gasteiger partial charge on any atom is -0.351 e. The van der Waals surface area contributed by atoms with Crippen LogP contribution >= 0.6 is 11.3 Å². The van der Waals surface area contributed by atoms with E-state index in [9.17, 15) is 4.79 Å². The number of benzene rings is 1. The molecule has 0 radical (unpaired) electrons. The minimum atomic E-state index is 0.0656. The number of anilines is 2. The highest BCUT2D eigenvalue weighted by molar-refractivity contribution is 7.18. The van der Waals surface area contributed by atoms with Crippen molar-refractivity contribution >= 4 is 27.9 Å². The summed E-state index contributed by atoms with van der Waals surface area (Å²) in [5.74, 6) is 0.0656. The molecule has 5 nitrogen and oxygen atoms in total. The topological polar surface area (TPSA) is 38.8 Å². The number of nitrogens with one attached hydrogen (secondary N) is 1. The second-order valence-corrected chi connectivity index (χ2v) is 10.5. The van der Waals surface area contributed by atoms with Gasteiger partial charge in [0.1, 0.15) is 0 Å². The van der Waals surface area contributed by atoms with Gasteiger partial charge in [0.05, 0.1) is 9.88 Å². The van der Waals surface area contributed by atoms with Crippen LogP contribution in [-0.2, 0) is 6.42 Å². The maximum absolute atomic E-state index is 12.6. The van der Waals surface area contributed by atoms with Gasteiger partial charge in [-0.05, 0) is 56.0 Å². The first kappa shape index (κ1) is 21.9. The molecule has 1 saturated carbocycles. The van der Waals surface area contributed by atoms with Crippen LogP contribution in [0.3, 0.4) is 0 Å². The van der Waals surface area contributed by atoms with Crippen molar-refractivity contribution in [2.75, 3.05) is 50.7 Å². The lowest BCUT2D eigenvalue weighted by Crippen LogP contribution is -2.51. The van der Waals surface area contributed by atoms with E-state index in [0.717, 1.165) is 48.4 Å². The zero-order valence-electron chi connectivity index (χ0n) is 19.1. The quantitative estimate of drug-likeness (QED) is 0.627. The zero-order valence-corrected chi connectivity index (χ0v) is 19.9. The van der Waals surface area contributed by atoms with Crippen molar-refractivity contribution < 1.29 is 4.79 Å². The van der Waals surface area contributed by atoms with Crippen LogP contribution in [0, 0.1) is 0 Å². The molecular formula is C26H36N4OS. The van der Waals surface area contributed by atoms with Crippen molar-refractivity contribution in [3.05, 3.63) is 46.8 Å². The van der Waals surface area contributed by atoms with Gasteiger partial charge < -0.3 is 15.1 Å². The van der Waals surface area contributed by atoms with Gasteiger partial charge in [-0.15, -0.1) is 11.3 Å². The van der Waals surface area contributed by atoms with E-state index in [-0.39, 0.29) is 5.91 Å². The monoisotopic (exact) mass is 452 g/mol. The molecule has 0 unspecified atom stereocenters. The summed E-state index contributed by atoms with van der Waals surface area (Å²) < 4.78 is 0. The number of hydrogen-bond acceptors (Lipinski definition) is 5. The Balaban J connectivity index is 1.03. The van der Waals surface area contributed by atoms with Gasteiger partial charge >= 0.3 is 0 Å². The van der Waals surface area contributed by atoms with Crippen LogP contribution < -0.4 is 10.2 Å². The van der Waals surface area contributed by atoms with Crippen molar-refractivity contribution in [1.29, 1.82) is 0 Å². The van der Waals surface area contributed by atoms with Crippen LogP contribution in [0.5, 0.6) is 0 Å². The van der Waals surface area contributed by atoms with Gasteiger partial charge in [-0.25, -0.2) is 0 Å². The highest BCUT2D eigenvalue weighted by Crippen LogP contribution is 2.38. The summed E-state index contributed by atoms with van der Waals surface area (Å²) in [6.07, 6.45) is 9.17. The first-order valence-electron chi connectivity index (χ1n) is 12.5. The predicted molar refractivity (Wildman–Crippen MR) is 133 cm³/mol. The lowest BCUT2D eigenvalue weighted by Gasteiger charge is -2.40. The molecule has 2 aliphatic heterocycles. The largest absolute Gasteiger partial charge is 0.351 e. The lowest BCUT2D eigenvalue weighted by molar-refractivity contribution is 0.0779. The number of thiophene rings is 1. The van der Waals surface area contributed by atoms with Gasteiger partial charge in [-0.3, -0.25) is 9.69 Å². The number of rotatable bonds is 7. The van der Waals surface area contributed by atoms with Crippen molar-refractivity contribution in [2.24, 2.45) is 0 Å². The molecule has 6 heteroatoms. The fourth-order valence-electron chi connectivity index (χ4n) is 5.55. The number of carbonyl (C=O) groups is 1. The Morgan fingerprint density at radius 2 is 1.78 bits per heavy atom. The highest BCUT2D eigenvalue weighted by Gasteiger charge is 2.25. The number of piperazine rings is 1. The Morgan fingerprint density at radius 1 is 0.969 bits per heavy atom. The van der Waals surface area contributed by atoms with E-state index in [2.05, 4.69) is 50.3 Å². The van der Waals surface area contributed by atoms with Crippen LogP contribution in [-0.4, -0.2) is 67.6 Å². The summed E-state index contributed by atoms with van der Waals surface area (Å²) in [7, 11) is 0. The molecule has 1 saturated heterocycles. The molecule has 1 N–H and O–H groups in total. The van der Waals surface area contributed by atoms with Gasteiger partial charge in [0.15, 0.2) is 0 Å². The zero-order chi connectivity index (χ0) is 21.8. The molecule has 3 heterocycles. The molecule has 1 aromatic heterocycles. The molecule has 172 valence electrons. The van der Waals surface area contributed by atoms with Crippen molar-refractivity contribution in [3.8, 4) is 0 Å². The van der Waals surface area contributed by atoms with E-state index >= 15 is 0 Å². The Bertz CT molecular complexity index is 899. The van der Waals surface area contributed by atoms with E-state index in [0.29, 0.717) is 0 Å². The van der Waals surface area contributed by atoms with Crippen molar-refractivity contribution in [1.82, 2.24) is 15.1 Å². The summed E-state index contributed by atoms with van der Waals surface area (Å²) in [4.78, 5) is 21.1. The summed E-state index contributed by atoms with van der Waals surface area (Å²) in [6.45, 7) is 7.62. The second-order valence-electron chi connectivity index (χ2n) is 9.45. The highest BCUT2D eigenvalue weighted by atomic mass is 32.1. The first-order chi connectivity index (χ1) is 15.8. The smallest absolute Gasteiger partial charge is 0.261 e. The minimum absolute atomic E-state index is 0.0656. The average Bonchev–Trinajstić information content (AvgIpc) is 3.50. The third-order valence-electron chi connectivity index (χ3n) is 7.40. The summed E-state index contributed by atoms with van der Waals surface area (Å²) in [5, 5.41) is 4.30. The Morgan fingerprint density at radius 3 is 2.62 bits per heavy atom. The van der Waals surface area contributed by atoms with E-state index in [4.69, 9.17) is 0 Å². The molecule has 5 rings (SSSR count). The van der Waals surface area contributed by atoms with Crippen LogP contribution in [0.1, 0.15) is 53.8 Å². The van der Waals surface area contributed by atoms with E-state index in [1.807, 2.05) is 6.07 Å². The van der Waals surface area contributed by atoms with Gasteiger partial charge in [-0.2, -0.15) is 0 Å². The van der Waals surface area contributed by atoms with E-state index < -0.39 is 0 Å². The maximum Gasteiger partial charge on any atom is 0.261 e. The number of carbonyl (C=O) groups excluding carboxylic acids is 1. The fraction of sp³-hybridized carbons (Fsp3) is 0.577. The van der Waals surface area contributed by atoms with Gasteiger partial charge in [-0.1, -0.05) is 37.5 Å². The van der Waals surface area contributed by atoms with Crippen LogP contribution in [0.15, 0.2) is 36.4 Å². The molecule has 3 aliphatic rings. The molecular weight excluding hydrogens is 416 g/mol. The molecule has 1 amide bonds. The van der Waals surface area contributed by atoms with Crippen LogP contribution in [0.25, 0.3) is 0 Å². The van der Waals surface area contributed by atoms with E-state index in [1.54, 1.807) is 11.3 Å². The van der Waals surface area contributed by atoms with Gasteiger partial charge in [0, 0.05) is 51.0 Å². The number of fused-ring (bicyclic) bond motifs is 1. The number of hydrogen-bond donors (Lipinski definition) is 1. The normalized spacial score (nSPS) is 20.4. The summed E-state index contributed by atoms with van der Waals surface area (Å²) in [6, 6.07) is 13.5. The fourth-order valence-corrected chi connectivity index (χ4v) is 6.51. The molecule has 0 atom stereocenters. The van der Waals surface area contributed by atoms with Crippen molar-refractivity contribution in [2.45, 2.75) is 51.0 Å². The van der Waals surface area contributed by atoms with Crippen molar-refractivity contribution in [3.63, 3.8) is 0 Å². The number of nitrogens with zero attached hydrogens (tertiary/aromatic N) is 3. The van der Waals surface area contributed by atoms with Gasteiger partial charge in [0.2, 0.25) is 0 Å². The third kappa shape index (κ3) is 5.03. The Hall–Kier alpha value is -1.89. The van der Waals surface area contributed by atoms with Crippen LogP contribution in [0.4, 0.5) is 10.7 Å². The van der Waals surface area contributed by atoms with Crippen LogP contribution in [0.2, 0.25) is 0 Å². The average molecular weight is 453 g/mol. The van der Waals surface area contributed by atoms with E-state index in [1.165, 1.54) is 69.5 Å². The first-order valence-corrected chi connectivity index (χ1v) is 13.3. The second kappa shape index (κ2) is 10.4. The lowest BCUT2D eigenvalue weighted by atomic mass is 9.94. The maximum atomic E-state index is 12.6. The molecule has 32 heavy (non-hydrogen) atoms. The Kier molecular flexibility index (Phi) is 7.10.